The van der Waals surface area contributed by atoms with Gasteiger partial charge in [0.2, 0.25) is 11.1 Å². The summed E-state index contributed by atoms with van der Waals surface area (Å²) in [5.74, 6) is 6.65. The van der Waals surface area contributed by atoms with Crippen LogP contribution < -0.4 is 11.2 Å². The Morgan fingerprint density at radius 3 is 2.76 bits per heavy atom. The zero-order valence-electron chi connectivity index (χ0n) is 13.7. The number of carbonyl (C=O) groups excluding carboxylic acids is 1. The van der Waals surface area contributed by atoms with Crippen LogP contribution >= 0.6 is 11.8 Å². The lowest BCUT2D eigenvalue weighted by molar-refractivity contribution is -0.119. The number of pyridine rings is 1. The van der Waals surface area contributed by atoms with Crippen molar-refractivity contribution in [3.63, 3.8) is 0 Å². The van der Waals surface area contributed by atoms with Crippen LogP contribution in [0.1, 0.15) is 18.5 Å². The molecule has 0 radical (unpaired) electrons. The van der Waals surface area contributed by atoms with E-state index < -0.39 is 0 Å². The number of nitrogens with one attached hydrogen (secondary N) is 1. The Morgan fingerprint density at radius 2 is 2.04 bits per heavy atom. The van der Waals surface area contributed by atoms with Crippen molar-refractivity contribution in [1.29, 1.82) is 0 Å². The Bertz CT molecular complexity index is 837. The van der Waals surface area contributed by atoms with Gasteiger partial charge in [0.1, 0.15) is 0 Å². The van der Waals surface area contributed by atoms with Crippen molar-refractivity contribution in [3.8, 4) is 11.4 Å². The first-order valence-corrected chi connectivity index (χ1v) is 8.71. The molecule has 0 saturated carbocycles. The van der Waals surface area contributed by atoms with E-state index in [1.54, 1.807) is 18.5 Å². The van der Waals surface area contributed by atoms with E-state index in [4.69, 9.17) is 5.84 Å². The van der Waals surface area contributed by atoms with Crippen molar-refractivity contribution < 1.29 is 4.79 Å². The molecule has 0 fully saturated rings. The van der Waals surface area contributed by atoms with Gasteiger partial charge in [-0.05, 0) is 24.6 Å². The predicted molar refractivity (Wildman–Crippen MR) is 97.1 cm³/mol. The molecule has 1 amide bonds. The molecule has 3 aromatic rings. The second-order valence-corrected chi connectivity index (χ2v) is 6.35. The van der Waals surface area contributed by atoms with Crippen LogP contribution in [0.15, 0.2) is 60.0 Å². The number of thioether (sulfide) groups is 1. The molecule has 8 heteroatoms. The standard InChI is InChI=1S/C17H18N6OS/c1-12(13-6-3-2-4-7-13)20-15(24)11-25-17-22-21-16(23(17)18)14-8-5-9-19-10-14/h2-10,12H,11,18H2,1H3,(H,20,24)/t12-/m0/s1. The lowest BCUT2D eigenvalue weighted by atomic mass is 10.1. The molecule has 3 rings (SSSR count). The van der Waals surface area contributed by atoms with Gasteiger partial charge in [0, 0.05) is 18.0 Å². The fourth-order valence-electron chi connectivity index (χ4n) is 2.31. The number of nitrogen functional groups attached to an aromatic ring is 1. The SMILES string of the molecule is C[C@H](NC(=O)CSc1nnc(-c2cccnc2)n1N)c1ccccc1. The molecule has 0 saturated heterocycles. The van der Waals surface area contributed by atoms with Crippen molar-refractivity contribution >= 4 is 17.7 Å². The van der Waals surface area contributed by atoms with Gasteiger partial charge in [0.05, 0.1) is 11.8 Å². The molecule has 0 aliphatic carbocycles. The summed E-state index contributed by atoms with van der Waals surface area (Å²) in [4.78, 5) is 16.2. The lowest BCUT2D eigenvalue weighted by Crippen LogP contribution is -2.28. The first-order chi connectivity index (χ1) is 12.1. The van der Waals surface area contributed by atoms with Gasteiger partial charge in [-0.1, -0.05) is 42.1 Å². The monoisotopic (exact) mass is 354 g/mol. The molecular formula is C17H18N6OS. The Balaban J connectivity index is 1.59. The average molecular weight is 354 g/mol. The minimum atomic E-state index is -0.0905. The molecule has 0 spiro atoms. The van der Waals surface area contributed by atoms with E-state index in [0.717, 1.165) is 11.1 Å². The molecule has 3 N–H and O–H groups in total. The van der Waals surface area contributed by atoms with E-state index in [0.29, 0.717) is 11.0 Å². The van der Waals surface area contributed by atoms with Crippen LogP contribution in [0.4, 0.5) is 0 Å². The Labute approximate surface area is 149 Å². The van der Waals surface area contributed by atoms with E-state index in [1.807, 2.05) is 43.3 Å². The number of amides is 1. The van der Waals surface area contributed by atoms with Gasteiger partial charge in [-0.15, -0.1) is 10.2 Å². The Kier molecular flexibility index (Phi) is 5.30. The van der Waals surface area contributed by atoms with Crippen molar-refractivity contribution in [2.45, 2.75) is 18.1 Å². The van der Waals surface area contributed by atoms with Crippen LogP contribution in [-0.2, 0) is 4.79 Å². The van der Waals surface area contributed by atoms with Crippen molar-refractivity contribution in [2.75, 3.05) is 11.6 Å². The van der Waals surface area contributed by atoms with Gasteiger partial charge in [-0.3, -0.25) is 9.78 Å². The highest BCUT2D eigenvalue weighted by molar-refractivity contribution is 7.99. The zero-order chi connectivity index (χ0) is 17.6. The molecule has 1 aromatic carbocycles. The maximum atomic E-state index is 12.1. The predicted octanol–water partition coefficient (Wildman–Crippen LogP) is 2.02. The Hall–Kier alpha value is -2.87. The van der Waals surface area contributed by atoms with E-state index >= 15 is 0 Å². The van der Waals surface area contributed by atoms with Crippen molar-refractivity contribution in [3.05, 3.63) is 60.4 Å². The summed E-state index contributed by atoms with van der Waals surface area (Å²) in [5.41, 5.74) is 1.83. The first-order valence-electron chi connectivity index (χ1n) is 7.73. The third kappa shape index (κ3) is 4.16. The third-order valence-corrected chi connectivity index (χ3v) is 4.54. The van der Waals surface area contributed by atoms with Crippen LogP contribution in [0.5, 0.6) is 0 Å². The first kappa shape index (κ1) is 17.0. The smallest absolute Gasteiger partial charge is 0.230 e. The van der Waals surface area contributed by atoms with Gasteiger partial charge in [0.15, 0.2) is 5.82 Å². The van der Waals surface area contributed by atoms with E-state index in [1.165, 1.54) is 16.4 Å². The maximum Gasteiger partial charge on any atom is 0.230 e. The molecule has 0 unspecified atom stereocenters. The Morgan fingerprint density at radius 1 is 1.24 bits per heavy atom. The molecule has 0 aliphatic rings. The number of benzene rings is 1. The molecule has 2 aromatic heterocycles. The number of hydrogen-bond acceptors (Lipinski definition) is 6. The summed E-state index contributed by atoms with van der Waals surface area (Å²) >= 11 is 1.24. The largest absolute Gasteiger partial charge is 0.349 e. The minimum absolute atomic E-state index is 0.0593. The van der Waals surface area contributed by atoms with Gasteiger partial charge in [0.25, 0.3) is 0 Å². The fourth-order valence-corrected chi connectivity index (χ4v) is 2.97. The molecule has 1 atom stereocenters. The highest BCUT2D eigenvalue weighted by atomic mass is 32.2. The second kappa shape index (κ2) is 7.80. The number of hydrogen-bond donors (Lipinski definition) is 2. The van der Waals surface area contributed by atoms with Crippen LogP contribution in [-0.4, -0.2) is 31.5 Å². The number of carbonyl (C=O) groups is 1. The zero-order valence-corrected chi connectivity index (χ0v) is 14.5. The average Bonchev–Trinajstić information content (AvgIpc) is 3.02. The lowest BCUT2D eigenvalue weighted by Gasteiger charge is -2.13. The van der Waals surface area contributed by atoms with Crippen LogP contribution in [0, 0.1) is 0 Å². The number of rotatable bonds is 6. The van der Waals surface area contributed by atoms with Crippen molar-refractivity contribution in [1.82, 2.24) is 25.2 Å². The molecule has 0 bridgehead atoms. The number of nitrogens with two attached hydrogens (primary N) is 1. The van der Waals surface area contributed by atoms with Gasteiger partial charge in [-0.2, -0.15) is 0 Å². The van der Waals surface area contributed by atoms with E-state index in [2.05, 4.69) is 20.5 Å². The molecular weight excluding hydrogens is 336 g/mol. The highest BCUT2D eigenvalue weighted by Crippen LogP contribution is 2.21. The normalized spacial score (nSPS) is 11.9. The maximum absolute atomic E-state index is 12.1. The summed E-state index contributed by atoms with van der Waals surface area (Å²) < 4.78 is 1.37. The van der Waals surface area contributed by atoms with Crippen LogP contribution in [0.25, 0.3) is 11.4 Å². The molecule has 0 aliphatic heterocycles. The number of aromatic nitrogens is 4. The van der Waals surface area contributed by atoms with Crippen LogP contribution in [0.3, 0.4) is 0 Å². The van der Waals surface area contributed by atoms with E-state index in [-0.39, 0.29) is 17.7 Å². The summed E-state index contributed by atoms with van der Waals surface area (Å²) in [6.45, 7) is 1.95. The van der Waals surface area contributed by atoms with Gasteiger partial charge >= 0.3 is 0 Å². The summed E-state index contributed by atoms with van der Waals surface area (Å²) in [6.07, 6.45) is 3.34. The number of nitrogens with zero attached hydrogens (tertiary/aromatic N) is 4. The van der Waals surface area contributed by atoms with Gasteiger partial charge < -0.3 is 11.2 Å². The topological polar surface area (TPSA) is 98.7 Å². The van der Waals surface area contributed by atoms with Crippen molar-refractivity contribution in [2.24, 2.45) is 0 Å². The highest BCUT2D eigenvalue weighted by Gasteiger charge is 2.15. The third-order valence-electron chi connectivity index (χ3n) is 3.59. The van der Waals surface area contributed by atoms with Crippen LogP contribution in [0.2, 0.25) is 0 Å². The molecule has 2 heterocycles. The van der Waals surface area contributed by atoms with Gasteiger partial charge in [-0.25, -0.2) is 4.68 Å². The summed E-state index contributed by atoms with van der Waals surface area (Å²) in [7, 11) is 0. The summed E-state index contributed by atoms with van der Waals surface area (Å²) in [6, 6.07) is 13.4. The van der Waals surface area contributed by atoms with E-state index in [9.17, 15) is 4.79 Å². The minimum Gasteiger partial charge on any atom is -0.349 e. The summed E-state index contributed by atoms with van der Waals surface area (Å²) in [5, 5.41) is 11.5. The molecule has 7 nitrogen and oxygen atoms in total. The second-order valence-electron chi connectivity index (χ2n) is 5.41. The quantitative estimate of drug-likeness (QED) is 0.519. The fraction of sp³-hybridized carbons (Fsp3) is 0.176. The molecule has 25 heavy (non-hydrogen) atoms. The molecule has 128 valence electrons.